The zero-order chi connectivity index (χ0) is 35.9. The molecule has 0 bridgehead atoms. The number of carbonyl (C=O) groups is 2. The maximum Gasteiger partial charge on any atom is 0.306 e. The molecule has 6 nitrogen and oxygen atoms in total. The second kappa shape index (κ2) is 38.6. The molecule has 0 aromatic carbocycles. The Kier molecular flexibility index (Phi) is 36.9. The molecule has 0 heterocycles. The number of ether oxygens (including phenoxy) is 2. The number of allylic oxidation sites excluding steroid dienone is 8. The van der Waals surface area contributed by atoms with Crippen molar-refractivity contribution in [3.8, 4) is 0 Å². The van der Waals surface area contributed by atoms with Gasteiger partial charge in [-0.2, -0.15) is 0 Å². The van der Waals surface area contributed by atoms with Crippen molar-refractivity contribution in [1.82, 2.24) is 0 Å². The molecule has 2 N–H and O–H groups in total. The van der Waals surface area contributed by atoms with E-state index in [1.165, 1.54) is 89.9 Å². The summed E-state index contributed by atoms with van der Waals surface area (Å²) in [6.07, 6.45) is 45.9. The van der Waals surface area contributed by atoms with E-state index in [1.54, 1.807) is 0 Å². The molecule has 0 rings (SSSR count). The van der Waals surface area contributed by atoms with E-state index < -0.39 is 6.10 Å². The average molecular weight is 689 g/mol. The van der Waals surface area contributed by atoms with Crippen LogP contribution in [0.15, 0.2) is 48.6 Å². The van der Waals surface area contributed by atoms with Gasteiger partial charge in [-0.05, 0) is 64.7 Å². The summed E-state index contributed by atoms with van der Waals surface area (Å²) in [5, 5.41) is 18.8. The highest BCUT2D eigenvalue weighted by atomic mass is 16.6. The fraction of sp³-hybridized carbons (Fsp3) is 0.767. The Balaban J connectivity index is 3.64. The van der Waals surface area contributed by atoms with E-state index in [4.69, 9.17) is 9.47 Å². The average Bonchev–Trinajstić information content (AvgIpc) is 3.09. The van der Waals surface area contributed by atoms with Crippen molar-refractivity contribution in [2.45, 2.75) is 199 Å². The summed E-state index contributed by atoms with van der Waals surface area (Å²) < 4.78 is 10.6. The minimum atomic E-state index is -0.799. The van der Waals surface area contributed by atoms with Gasteiger partial charge >= 0.3 is 11.9 Å². The zero-order valence-electron chi connectivity index (χ0n) is 31.8. The number of aliphatic hydroxyl groups is 2. The fourth-order valence-electron chi connectivity index (χ4n) is 5.57. The van der Waals surface area contributed by atoms with Crippen LogP contribution in [0.4, 0.5) is 0 Å². The van der Waals surface area contributed by atoms with Gasteiger partial charge in [0.05, 0.1) is 12.7 Å². The monoisotopic (exact) mass is 689 g/mol. The van der Waals surface area contributed by atoms with E-state index in [9.17, 15) is 19.8 Å². The molecule has 0 fully saturated rings. The second-order valence-electron chi connectivity index (χ2n) is 13.6. The first kappa shape index (κ1) is 46.8. The van der Waals surface area contributed by atoms with Gasteiger partial charge in [0.1, 0.15) is 6.61 Å². The second-order valence-corrected chi connectivity index (χ2v) is 13.6. The zero-order valence-corrected chi connectivity index (χ0v) is 31.8. The van der Waals surface area contributed by atoms with Crippen LogP contribution < -0.4 is 0 Å². The summed E-state index contributed by atoms with van der Waals surface area (Å²) in [4.78, 5) is 24.2. The molecule has 0 aliphatic carbocycles. The van der Waals surface area contributed by atoms with Gasteiger partial charge in [-0.15, -0.1) is 0 Å². The quantitative estimate of drug-likeness (QED) is 0.0387. The van der Waals surface area contributed by atoms with Gasteiger partial charge in [0.15, 0.2) is 6.10 Å². The lowest BCUT2D eigenvalue weighted by molar-refractivity contribution is -0.161. The summed E-state index contributed by atoms with van der Waals surface area (Å²) in [7, 11) is 0. The molecule has 0 saturated heterocycles. The normalized spacial score (nSPS) is 13.3. The van der Waals surface area contributed by atoms with Gasteiger partial charge in [-0.3, -0.25) is 9.59 Å². The van der Waals surface area contributed by atoms with Gasteiger partial charge in [0.25, 0.3) is 0 Å². The van der Waals surface area contributed by atoms with E-state index >= 15 is 0 Å². The molecule has 6 heteroatoms. The third-order valence-electron chi connectivity index (χ3n) is 8.64. The number of carbonyl (C=O) groups excluding carboxylic acids is 2. The molecule has 0 spiro atoms. The largest absolute Gasteiger partial charge is 0.462 e. The minimum absolute atomic E-state index is 0.102. The molecule has 49 heavy (non-hydrogen) atoms. The summed E-state index contributed by atoms with van der Waals surface area (Å²) >= 11 is 0. The van der Waals surface area contributed by atoms with Crippen LogP contribution in [-0.4, -0.2) is 47.6 Å². The predicted molar refractivity (Wildman–Crippen MR) is 206 cm³/mol. The standard InChI is InChI=1S/C43H76O6/c1-3-4-5-6-7-8-9-10-11-12-15-19-22-25-28-31-34-37-43(47)49-41(38-44)39-48-42(46)36-33-30-27-24-21-18-16-13-14-17-20-23-26-29-32-35-40(2)45/h14,16-18,23-24,26-27,40-41,44-45H,3-13,15,19-22,25,28-39H2,1-2H3/b17-14-,18-16-,26-23-,27-24-/t40-,41+/m1/s1. The summed E-state index contributed by atoms with van der Waals surface area (Å²) in [5.41, 5.74) is 0. The number of aliphatic hydroxyl groups excluding tert-OH is 2. The molecule has 0 amide bonds. The Labute approximate surface area is 301 Å². The van der Waals surface area contributed by atoms with Crippen LogP contribution in [0.1, 0.15) is 187 Å². The first-order valence-electron chi connectivity index (χ1n) is 20.2. The highest BCUT2D eigenvalue weighted by Crippen LogP contribution is 2.15. The Bertz CT molecular complexity index is 843. The summed E-state index contributed by atoms with van der Waals surface area (Å²) in [5.74, 6) is -0.670. The Morgan fingerprint density at radius 3 is 1.41 bits per heavy atom. The lowest BCUT2D eigenvalue weighted by Gasteiger charge is -2.15. The maximum absolute atomic E-state index is 12.2. The molecular formula is C43H76O6. The Morgan fingerprint density at radius 2 is 0.959 bits per heavy atom. The molecule has 0 aromatic heterocycles. The summed E-state index contributed by atoms with van der Waals surface area (Å²) in [6.45, 7) is 3.65. The number of hydrogen-bond acceptors (Lipinski definition) is 6. The SMILES string of the molecule is CCCCCCCCCCCCCCCCCCCC(=O)O[C@@H](CO)COC(=O)CCC/C=C\C/C=C\C/C=C\C/C=C\CCC[C@@H](C)O. The van der Waals surface area contributed by atoms with Crippen LogP contribution in [0.2, 0.25) is 0 Å². The molecule has 0 saturated carbocycles. The van der Waals surface area contributed by atoms with E-state index in [-0.39, 0.29) is 31.3 Å². The van der Waals surface area contributed by atoms with Crippen LogP contribution in [0.3, 0.4) is 0 Å². The third kappa shape index (κ3) is 38.5. The van der Waals surface area contributed by atoms with Gasteiger partial charge in [-0.1, -0.05) is 158 Å². The van der Waals surface area contributed by atoms with Crippen molar-refractivity contribution in [2.24, 2.45) is 0 Å². The first-order valence-corrected chi connectivity index (χ1v) is 20.2. The van der Waals surface area contributed by atoms with Crippen molar-refractivity contribution in [3.05, 3.63) is 48.6 Å². The predicted octanol–water partition coefficient (Wildman–Crippen LogP) is 11.6. The number of hydrogen-bond donors (Lipinski definition) is 2. The first-order chi connectivity index (χ1) is 24.0. The van der Waals surface area contributed by atoms with Crippen LogP contribution in [0.5, 0.6) is 0 Å². The number of esters is 2. The van der Waals surface area contributed by atoms with Gasteiger partial charge in [0.2, 0.25) is 0 Å². The number of rotatable bonds is 36. The third-order valence-corrected chi connectivity index (χ3v) is 8.64. The Morgan fingerprint density at radius 1 is 0.551 bits per heavy atom. The highest BCUT2D eigenvalue weighted by Gasteiger charge is 2.16. The van der Waals surface area contributed by atoms with Crippen LogP contribution in [-0.2, 0) is 19.1 Å². The van der Waals surface area contributed by atoms with Gasteiger partial charge in [0, 0.05) is 12.8 Å². The summed E-state index contributed by atoms with van der Waals surface area (Å²) in [6, 6.07) is 0. The lowest BCUT2D eigenvalue weighted by Crippen LogP contribution is -2.28. The Hall–Kier alpha value is -2.18. The molecule has 0 aromatic rings. The van der Waals surface area contributed by atoms with E-state index in [1.807, 2.05) is 6.92 Å². The maximum atomic E-state index is 12.2. The smallest absolute Gasteiger partial charge is 0.306 e. The highest BCUT2D eigenvalue weighted by molar-refractivity contribution is 5.70. The van der Waals surface area contributed by atoms with Crippen LogP contribution >= 0.6 is 0 Å². The van der Waals surface area contributed by atoms with Crippen molar-refractivity contribution in [2.75, 3.05) is 13.2 Å². The van der Waals surface area contributed by atoms with Crippen molar-refractivity contribution >= 4 is 11.9 Å². The minimum Gasteiger partial charge on any atom is -0.462 e. The molecule has 284 valence electrons. The topological polar surface area (TPSA) is 93.1 Å². The van der Waals surface area contributed by atoms with Crippen LogP contribution in [0.25, 0.3) is 0 Å². The molecular weight excluding hydrogens is 612 g/mol. The molecule has 0 radical (unpaired) electrons. The van der Waals surface area contributed by atoms with E-state index in [0.717, 1.165) is 64.2 Å². The van der Waals surface area contributed by atoms with Crippen molar-refractivity contribution in [3.63, 3.8) is 0 Å². The molecule has 0 unspecified atom stereocenters. The van der Waals surface area contributed by atoms with E-state index in [2.05, 4.69) is 55.5 Å². The van der Waals surface area contributed by atoms with Crippen molar-refractivity contribution < 1.29 is 29.3 Å². The van der Waals surface area contributed by atoms with Crippen molar-refractivity contribution in [1.29, 1.82) is 0 Å². The number of unbranched alkanes of at least 4 members (excludes halogenated alkanes) is 18. The van der Waals surface area contributed by atoms with Crippen LogP contribution in [0, 0.1) is 0 Å². The molecule has 0 aliphatic heterocycles. The van der Waals surface area contributed by atoms with Gasteiger partial charge in [-0.25, -0.2) is 0 Å². The fourth-order valence-corrected chi connectivity index (χ4v) is 5.57. The molecule has 0 aliphatic rings. The molecule has 2 atom stereocenters. The lowest BCUT2D eigenvalue weighted by atomic mass is 10.0. The van der Waals surface area contributed by atoms with E-state index in [0.29, 0.717) is 19.3 Å². The van der Waals surface area contributed by atoms with Gasteiger partial charge < -0.3 is 19.7 Å².